The van der Waals surface area contributed by atoms with Gasteiger partial charge in [-0.05, 0) is 68.4 Å². The molecule has 0 aromatic heterocycles. The van der Waals surface area contributed by atoms with Crippen molar-refractivity contribution >= 4 is 35.4 Å². The minimum absolute atomic E-state index is 0.221. The van der Waals surface area contributed by atoms with Crippen molar-refractivity contribution < 1.29 is 28.8 Å². The van der Waals surface area contributed by atoms with Crippen LogP contribution in [0.5, 0.6) is 0 Å². The predicted molar refractivity (Wildman–Crippen MR) is 207 cm³/mol. The molecule has 6 amide bonds. The number of carbonyl (C=O) groups excluding carboxylic acids is 6. The van der Waals surface area contributed by atoms with E-state index in [-0.39, 0.29) is 36.0 Å². The summed E-state index contributed by atoms with van der Waals surface area (Å²) in [4.78, 5) is 89.6. The Labute approximate surface area is 324 Å². The van der Waals surface area contributed by atoms with Crippen molar-refractivity contribution in [3.05, 3.63) is 71.8 Å². The number of likely N-dealkylation sites (N-methyl/N-ethyl adjacent to an activating group) is 1. The van der Waals surface area contributed by atoms with Gasteiger partial charge in [-0.15, -0.1) is 0 Å². The fourth-order valence-electron chi connectivity index (χ4n) is 8.22. The molecule has 0 aliphatic carbocycles. The second-order valence-electron chi connectivity index (χ2n) is 15.3. The summed E-state index contributed by atoms with van der Waals surface area (Å²) >= 11 is 0. The van der Waals surface area contributed by atoms with Crippen LogP contribution in [-0.4, -0.2) is 118 Å². The number of hydrazine groups is 1. The molecule has 5 rings (SSSR count). The largest absolute Gasteiger partial charge is 0.343 e. The Hall–Kier alpha value is -4.82. The molecular weight excluding hydrogens is 701 g/mol. The number of benzene rings is 2. The summed E-state index contributed by atoms with van der Waals surface area (Å²) in [6.45, 7) is 4.90. The molecule has 298 valence electrons. The molecule has 55 heavy (non-hydrogen) atoms. The van der Waals surface area contributed by atoms with Gasteiger partial charge in [-0.3, -0.25) is 34.2 Å². The molecule has 2 aromatic carbocycles. The lowest BCUT2D eigenvalue weighted by Crippen LogP contribution is -2.62. The molecule has 3 heterocycles. The normalized spacial score (nSPS) is 22.0. The monoisotopic (exact) mass is 758 g/mol. The van der Waals surface area contributed by atoms with Gasteiger partial charge in [0.05, 0.1) is 6.04 Å². The van der Waals surface area contributed by atoms with E-state index < -0.39 is 48.1 Å². The summed E-state index contributed by atoms with van der Waals surface area (Å²) in [5, 5.41) is 2.93. The third kappa shape index (κ3) is 9.71. The van der Waals surface area contributed by atoms with E-state index in [0.717, 1.165) is 17.5 Å². The summed E-state index contributed by atoms with van der Waals surface area (Å²) in [5.74, 6) is 2.97. The van der Waals surface area contributed by atoms with E-state index in [4.69, 9.17) is 11.6 Å². The van der Waals surface area contributed by atoms with Gasteiger partial charge in [-0.2, -0.15) is 0 Å². The van der Waals surface area contributed by atoms with Crippen LogP contribution in [-0.2, 0) is 41.6 Å². The van der Waals surface area contributed by atoms with Gasteiger partial charge in [-0.25, -0.2) is 5.84 Å². The molecule has 6 N–H and O–H groups in total. The van der Waals surface area contributed by atoms with Gasteiger partial charge in [-0.1, -0.05) is 80.9 Å². The average molecular weight is 759 g/mol. The quantitative estimate of drug-likeness (QED) is 0.127. The van der Waals surface area contributed by atoms with E-state index >= 15 is 0 Å². The van der Waals surface area contributed by atoms with E-state index in [0.29, 0.717) is 71.0 Å². The van der Waals surface area contributed by atoms with Gasteiger partial charge in [0, 0.05) is 33.1 Å². The SMILES string of the molecule is CCC(C)[C@H](NC(=O)[C@H](N)Cc1ccccc1)C(=O)N1CCCC[C@@H]1C(=O)N1CCC[C@H]1C(=O)N(C)[C@H](Cc1ccccc1)C(=O)N1CCC[C@H]1C(=O)NN. The van der Waals surface area contributed by atoms with E-state index in [1.54, 1.807) is 16.8 Å². The Kier molecular flexibility index (Phi) is 14.4. The van der Waals surface area contributed by atoms with Crippen LogP contribution in [0.25, 0.3) is 0 Å². The molecule has 0 saturated carbocycles. The first-order chi connectivity index (χ1) is 26.5. The van der Waals surface area contributed by atoms with Crippen molar-refractivity contribution in [1.82, 2.24) is 30.3 Å². The molecule has 3 aliphatic rings. The highest BCUT2D eigenvalue weighted by Gasteiger charge is 2.46. The van der Waals surface area contributed by atoms with Crippen LogP contribution in [0, 0.1) is 5.92 Å². The van der Waals surface area contributed by atoms with Crippen LogP contribution < -0.4 is 22.3 Å². The van der Waals surface area contributed by atoms with E-state index in [1.807, 2.05) is 74.5 Å². The fraction of sp³-hybridized carbons (Fsp3) is 0.561. The van der Waals surface area contributed by atoms with Crippen molar-refractivity contribution in [2.45, 2.75) is 114 Å². The van der Waals surface area contributed by atoms with Gasteiger partial charge in [0.25, 0.3) is 5.91 Å². The Bertz CT molecular complexity index is 1660. The zero-order valence-corrected chi connectivity index (χ0v) is 32.4. The minimum atomic E-state index is -0.931. The van der Waals surface area contributed by atoms with E-state index in [1.165, 1.54) is 9.80 Å². The Balaban J connectivity index is 1.33. The number of nitrogens with zero attached hydrogens (tertiary/aromatic N) is 4. The molecule has 0 spiro atoms. The maximum Gasteiger partial charge on any atom is 0.256 e. The fourth-order valence-corrected chi connectivity index (χ4v) is 8.22. The standard InChI is InChI=1S/C41H58N8O6/c1-4-27(2)35(44-36(50)30(42)25-28-15-7-5-8-16-28)41(55)49-22-12-11-19-33(49)39(53)48-24-14-21-32(48)38(52)46(3)34(26-29-17-9-6-10-18-29)40(54)47-23-13-20-31(47)37(51)45-43/h5-10,15-18,27,30-35H,4,11-14,19-26,42-43H2,1-3H3,(H,44,50)(H,45,51)/t27?,30-,31+,32+,33-,34-,35+/m1/s1. The molecule has 0 bridgehead atoms. The van der Waals surface area contributed by atoms with E-state index in [9.17, 15) is 28.8 Å². The summed E-state index contributed by atoms with van der Waals surface area (Å²) in [5.41, 5.74) is 10.2. The van der Waals surface area contributed by atoms with E-state index in [2.05, 4.69) is 10.7 Å². The zero-order chi connectivity index (χ0) is 39.6. The zero-order valence-electron chi connectivity index (χ0n) is 32.4. The second-order valence-corrected chi connectivity index (χ2v) is 15.3. The smallest absolute Gasteiger partial charge is 0.256 e. The molecular formula is C41H58N8O6. The minimum Gasteiger partial charge on any atom is -0.343 e. The van der Waals surface area contributed by atoms with Gasteiger partial charge in [0.15, 0.2) is 0 Å². The van der Waals surface area contributed by atoms with Crippen LogP contribution in [0.15, 0.2) is 60.7 Å². The number of amides is 6. The number of rotatable bonds is 14. The first-order valence-corrected chi connectivity index (χ1v) is 19.8. The third-order valence-electron chi connectivity index (χ3n) is 11.7. The maximum atomic E-state index is 14.5. The molecule has 3 saturated heterocycles. The summed E-state index contributed by atoms with van der Waals surface area (Å²) in [6, 6.07) is 13.8. The first-order valence-electron chi connectivity index (χ1n) is 19.8. The summed E-state index contributed by atoms with van der Waals surface area (Å²) in [7, 11) is 1.58. The second kappa shape index (κ2) is 19.2. The van der Waals surface area contributed by atoms with Gasteiger partial charge < -0.3 is 30.7 Å². The van der Waals surface area contributed by atoms with Crippen molar-refractivity contribution in [2.75, 3.05) is 26.7 Å². The van der Waals surface area contributed by atoms with Crippen LogP contribution in [0.3, 0.4) is 0 Å². The third-order valence-corrected chi connectivity index (χ3v) is 11.7. The number of nitrogens with two attached hydrogens (primary N) is 2. The molecule has 0 radical (unpaired) electrons. The molecule has 14 heteroatoms. The molecule has 14 nitrogen and oxygen atoms in total. The molecule has 3 aliphatic heterocycles. The lowest BCUT2D eigenvalue weighted by atomic mass is 9.93. The Morgan fingerprint density at radius 3 is 1.91 bits per heavy atom. The predicted octanol–water partition coefficient (Wildman–Crippen LogP) is 1.51. The van der Waals surface area contributed by atoms with Crippen LogP contribution in [0.4, 0.5) is 0 Å². The van der Waals surface area contributed by atoms with Crippen molar-refractivity contribution in [2.24, 2.45) is 17.5 Å². The summed E-state index contributed by atoms with van der Waals surface area (Å²) < 4.78 is 0. The number of hydrogen-bond acceptors (Lipinski definition) is 8. The first kappa shape index (κ1) is 41.3. The lowest BCUT2D eigenvalue weighted by Gasteiger charge is -2.41. The highest BCUT2D eigenvalue weighted by atomic mass is 16.2. The number of carbonyl (C=O) groups is 6. The average Bonchev–Trinajstić information content (AvgIpc) is 3.92. The summed E-state index contributed by atoms with van der Waals surface area (Å²) in [6.07, 6.45) is 5.12. The van der Waals surface area contributed by atoms with Gasteiger partial charge in [0.1, 0.15) is 30.2 Å². The van der Waals surface area contributed by atoms with Gasteiger partial charge >= 0.3 is 0 Å². The Morgan fingerprint density at radius 1 is 0.745 bits per heavy atom. The van der Waals surface area contributed by atoms with Crippen molar-refractivity contribution in [1.29, 1.82) is 0 Å². The number of nitrogens with one attached hydrogen (secondary N) is 2. The van der Waals surface area contributed by atoms with Crippen molar-refractivity contribution in [3.63, 3.8) is 0 Å². The topological polar surface area (TPSA) is 191 Å². The number of hydrogen-bond donors (Lipinski definition) is 4. The number of likely N-dealkylation sites (tertiary alicyclic amines) is 3. The highest BCUT2D eigenvalue weighted by molar-refractivity contribution is 5.97. The molecule has 7 atom stereocenters. The number of piperidine rings is 1. The lowest BCUT2D eigenvalue weighted by molar-refractivity contribution is -0.155. The molecule has 1 unspecified atom stereocenters. The van der Waals surface area contributed by atoms with Crippen molar-refractivity contribution in [3.8, 4) is 0 Å². The molecule has 3 fully saturated rings. The van der Waals surface area contributed by atoms with Crippen LogP contribution in [0.1, 0.15) is 76.3 Å². The Morgan fingerprint density at radius 2 is 1.29 bits per heavy atom. The highest BCUT2D eigenvalue weighted by Crippen LogP contribution is 2.29. The van der Waals surface area contributed by atoms with Crippen LogP contribution in [0.2, 0.25) is 0 Å². The van der Waals surface area contributed by atoms with Crippen LogP contribution >= 0.6 is 0 Å². The molecule has 2 aromatic rings. The van der Waals surface area contributed by atoms with Gasteiger partial charge in [0.2, 0.25) is 29.5 Å². The maximum absolute atomic E-state index is 14.5.